The van der Waals surface area contributed by atoms with Crippen molar-refractivity contribution >= 4 is 11.9 Å². The molecular weight excluding hydrogens is 208 g/mol. The van der Waals surface area contributed by atoms with E-state index in [0.717, 1.165) is 0 Å². The summed E-state index contributed by atoms with van der Waals surface area (Å²) in [6.45, 7) is 0. The molecule has 1 aromatic carbocycles. The lowest BCUT2D eigenvalue weighted by molar-refractivity contribution is -0.138. The number of carboxylic acids is 2. The fraction of sp³-hybridized carbons (Fsp3) is 0.167. The minimum atomic E-state index is -0.993. The highest BCUT2D eigenvalue weighted by atomic mass is 16.4. The zero-order valence-corrected chi connectivity index (χ0v) is 8.54. The molecular formula is C12H12O4. The average Bonchev–Trinajstić information content (AvgIpc) is 2.25. The minimum Gasteiger partial charge on any atom is -0.481 e. The Morgan fingerprint density at radius 2 is 1.81 bits per heavy atom. The van der Waals surface area contributed by atoms with Crippen LogP contribution in [-0.2, 0) is 9.59 Å². The predicted molar refractivity (Wildman–Crippen MR) is 58.2 cm³/mol. The summed E-state index contributed by atoms with van der Waals surface area (Å²) in [6.07, 6.45) is 2.58. The molecule has 1 rings (SSSR count). The van der Waals surface area contributed by atoms with Crippen molar-refractivity contribution in [1.82, 2.24) is 0 Å². The number of benzene rings is 1. The van der Waals surface area contributed by atoms with E-state index in [9.17, 15) is 9.59 Å². The molecule has 0 aliphatic rings. The van der Waals surface area contributed by atoms with E-state index in [-0.39, 0.29) is 6.42 Å². The average molecular weight is 220 g/mol. The van der Waals surface area contributed by atoms with Gasteiger partial charge < -0.3 is 10.2 Å². The second-order valence-corrected chi connectivity index (χ2v) is 3.25. The van der Waals surface area contributed by atoms with Crippen molar-refractivity contribution in [3.63, 3.8) is 0 Å². The lowest BCUT2D eigenvalue weighted by Crippen LogP contribution is -2.08. The molecule has 0 saturated heterocycles. The predicted octanol–water partition coefficient (Wildman–Crippen LogP) is 1.89. The van der Waals surface area contributed by atoms with Crippen LogP contribution in [0.25, 0.3) is 0 Å². The van der Waals surface area contributed by atoms with Gasteiger partial charge >= 0.3 is 11.9 Å². The van der Waals surface area contributed by atoms with Crippen LogP contribution in [0.4, 0.5) is 0 Å². The van der Waals surface area contributed by atoms with Crippen LogP contribution >= 0.6 is 0 Å². The van der Waals surface area contributed by atoms with Crippen molar-refractivity contribution in [1.29, 1.82) is 0 Å². The Morgan fingerprint density at radius 1 is 1.19 bits per heavy atom. The summed E-state index contributed by atoms with van der Waals surface area (Å²) in [7, 11) is 0. The van der Waals surface area contributed by atoms with Crippen molar-refractivity contribution in [3.05, 3.63) is 48.0 Å². The van der Waals surface area contributed by atoms with E-state index < -0.39 is 17.9 Å². The van der Waals surface area contributed by atoms with E-state index >= 15 is 0 Å². The van der Waals surface area contributed by atoms with E-state index in [1.165, 1.54) is 12.2 Å². The van der Waals surface area contributed by atoms with Crippen molar-refractivity contribution in [2.45, 2.75) is 12.3 Å². The summed E-state index contributed by atoms with van der Waals surface area (Å²) < 4.78 is 0. The molecule has 0 saturated carbocycles. The van der Waals surface area contributed by atoms with E-state index in [0.29, 0.717) is 5.56 Å². The molecule has 4 nitrogen and oxygen atoms in total. The van der Waals surface area contributed by atoms with E-state index in [1.807, 2.05) is 0 Å². The monoisotopic (exact) mass is 220 g/mol. The highest BCUT2D eigenvalue weighted by Crippen LogP contribution is 2.17. The first kappa shape index (κ1) is 12.0. The Hall–Kier alpha value is -2.10. The summed E-state index contributed by atoms with van der Waals surface area (Å²) in [5.41, 5.74) is 0.636. The lowest BCUT2D eigenvalue weighted by atomic mass is 9.98. The standard InChI is InChI=1S/C12H12O4/c13-11(14)8-4-7-10(12(15)16)9-5-2-1-3-6-9/h1-7,10H,8H2,(H,13,14)(H,15,16)/b7-4+. The molecule has 0 radical (unpaired) electrons. The first-order valence-electron chi connectivity index (χ1n) is 4.77. The molecule has 1 aromatic rings. The second kappa shape index (κ2) is 5.70. The Bertz CT molecular complexity index is 395. The first-order valence-corrected chi connectivity index (χ1v) is 4.77. The summed E-state index contributed by atoms with van der Waals surface area (Å²) >= 11 is 0. The summed E-state index contributed by atoms with van der Waals surface area (Å²) in [4.78, 5) is 21.3. The van der Waals surface area contributed by atoms with Crippen LogP contribution < -0.4 is 0 Å². The summed E-state index contributed by atoms with van der Waals surface area (Å²) in [5, 5.41) is 17.4. The number of hydrogen-bond donors (Lipinski definition) is 2. The molecule has 2 N–H and O–H groups in total. The number of hydrogen-bond acceptors (Lipinski definition) is 2. The van der Waals surface area contributed by atoms with E-state index in [1.54, 1.807) is 30.3 Å². The van der Waals surface area contributed by atoms with Gasteiger partial charge in [0.15, 0.2) is 0 Å². The van der Waals surface area contributed by atoms with Crippen molar-refractivity contribution in [2.24, 2.45) is 0 Å². The largest absolute Gasteiger partial charge is 0.481 e. The van der Waals surface area contributed by atoms with Gasteiger partial charge in [-0.3, -0.25) is 9.59 Å². The third kappa shape index (κ3) is 3.57. The van der Waals surface area contributed by atoms with Crippen molar-refractivity contribution in [2.75, 3.05) is 0 Å². The molecule has 0 amide bonds. The highest BCUT2D eigenvalue weighted by molar-refractivity contribution is 5.78. The van der Waals surface area contributed by atoms with Gasteiger partial charge in [-0.2, -0.15) is 0 Å². The van der Waals surface area contributed by atoms with E-state index in [2.05, 4.69) is 0 Å². The van der Waals surface area contributed by atoms with Gasteiger partial charge in [0.05, 0.1) is 12.3 Å². The summed E-state index contributed by atoms with van der Waals surface area (Å²) in [6, 6.07) is 8.68. The number of rotatable bonds is 5. The Balaban J connectivity index is 2.81. The lowest BCUT2D eigenvalue weighted by Gasteiger charge is -2.06. The highest BCUT2D eigenvalue weighted by Gasteiger charge is 2.15. The van der Waals surface area contributed by atoms with Crippen molar-refractivity contribution < 1.29 is 19.8 Å². The normalized spacial score (nSPS) is 12.5. The van der Waals surface area contributed by atoms with Crippen LogP contribution in [0.1, 0.15) is 17.9 Å². The van der Waals surface area contributed by atoms with Gasteiger partial charge in [0.2, 0.25) is 0 Å². The topological polar surface area (TPSA) is 74.6 Å². The van der Waals surface area contributed by atoms with Crippen LogP contribution in [-0.4, -0.2) is 22.2 Å². The zero-order valence-electron chi connectivity index (χ0n) is 8.54. The van der Waals surface area contributed by atoms with Gasteiger partial charge in [0, 0.05) is 0 Å². The molecule has 0 aliphatic heterocycles. The maximum atomic E-state index is 11.0. The number of aliphatic carboxylic acids is 2. The van der Waals surface area contributed by atoms with Gasteiger partial charge in [0.1, 0.15) is 0 Å². The molecule has 0 bridgehead atoms. The third-order valence-electron chi connectivity index (χ3n) is 2.05. The molecule has 0 fully saturated rings. The van der Waals surface area contributed by atoms with Gasteiger partial charge in [-0.1, -0.05) is 42.5 Å². The molecule has 0 heterocycles. The van der Waals surface area contributed by atoms with E-state index in [4.69, 9.17) is 10.2 Å². The number of carboxylic acid groups (broad SMARTS) is 2. The smallest absolute Gasteiger partial charge is 0.314 e. The van der Waals surface area contributed by atoms with Crippen molar-refractivity contribution in [3.8, 4) is 0 Å². The Labute approximate surface area is 92.8 Å². The molecule has 0 spiro atoms. The third-order valence-corrected chi connectivity index (χ3v) is 2.05. The quantitative estimate of drug-likeness (QED) is 0.743. The summed E-state index contributed by atoms with van der Waals surface area (Å²) in [5.74, 6) is -2.76. The maximum Gasteiger partial charge on any atom is 0.314 e. The zero-order chi connectivity index (χ0) is 12.0. The fourth-order valence-corrected chi connectivity index (χ4v) is 1.30. The van der Waals surface area contributed by atoms with Crippen LogP contribution in [0.15, 0.2) is 42.5 Å². The maximum absolute atomic E-state index is 11.0. The molecule has 0 aliphatic carbocycles. The Kier molecular flexibility index (Phi) is 4.27. The van der Waals surface area contributed by atoms with Crippen LogP contribution in [0.5, 0.6) is 0 Å². The molecule has 1 atom stereocenters. The van der Waals surface area contributed by atoms with Gasteiger partial charge in [0.25, 0.3) is 0 Å². The minimum absolute atomic E-state index is 0.170. The second-order valence-electron chi connectivity index (χ2n) is 3.25. The fourth-order valence-electron chi connectivity index (χ4n) is 1.30. The molecule has 0 aromatic heterocycles. The van der Waals surface area contributed by atoms with Crippen LogP contribution in [0, 0.1) is 0 Å². The van der Waals surface area contributed by atoms with Gasteiger partial charge in [-0.05, 0) is 5.56 Å². The van der Waals surface area contributed by atoms with Crippen LogP contribution in [0.3, 0.4) is 0 Å². The van der Waals surface area contributed by atoms with Gasteiger partial charge in [-0.25, -0.2) is 0 Å². The molecule has 4 heteroatoms. The van der Waals surface area contributed by atoms with Crippen LogP contribution in [0.2, 0.25) is 0 Å². The van der Waals surface area contributed by atoms with Gasteiger partial charge in [-0.15, -0.1) is 0 Å². The Morgan fingerprint density at radius 3 is 2.31 bits per heavy atom. The molecule has 84 valence electrons. The molecule has 1 unspecified atom stereocenters. The number of carbonyl (C=O) groups is 2. The first-order chi connectivity index (χ1) is 7.61. The SMILES string of the molecule is O=C(O)C/C=C/C(C(=O)O)c1ccccc1. The molecule has 16 heavy (non-hydrogen) atoms.